The Morgan fingerprint density at radius 2 is 1.72 bits per heavy atom. The molecule has 1 atom stereocenters. The molecule has 0 radical (unpaired) electrons. The van der Waals surface area contributed by atoms with Gasteiger partial charge in [0.15, 0.2) is 11.5 Å². The lowest BCUT2D eigenvalue weighted by molar-refractivity contribution is -0.142. The lowest BCUT2D eigenvalue weighted by atomic mass is 10.1. The van der Waals surface area contributed by atoms with E-state index >= 15 is 0 Å². The average Bonchev–Trinajstić information content (AvgIpc) is 3.21. The van der Waals surface area contributed by atoms with Crippen LogP contribution in [-0.4, -0.2) is 74.7 Å². The number of benzene rings is 1. The van der Waals surface area contributed by atoms with Gasteiger partial charge in [0.25, 0.3) is 11.8 Å². The number of hydrogen-bond acceptors (Lipinski definition) is 5. The van der Waals surface area contributed by atoms with E-state index < -0.39 is 0 Å². The molecule has 0 aliphatic carbocycles. The van der Waals surface area contributed by atoms with Crippen LogP contribution in [0.2, 0.25) is 0 Å². The molecule has 0 bridgehead atoms. The highest BCUT2D eigenvalue weighted by Crippen LogP contribution is 2.28. The molecule has 7 nitrogen and oxygen atoms in total. The Kier molecular flexibility index (Phi) is 5.43. The Hall–Kier alpha value is -2.28. The Balaban J connectivity index is 1.60. The quantitative estimate of drug-likeness (QED) is 0.817. The van der Waals surface area contributed by atoms with E-state index in [0.29, 0.717) is 49.8 Å². The van der Waals surface area contributed by atoms with Gasteiger partial charge in [-0.05, 0) is 31.0 Å². The third kappa shape index (κ3) is 3.71. The van der Waals surface area contributed by atoms with Gasteiger partial charge in [0.1, 0.15) is 6.10 Å². The van der Waals surface area contributed by atoms with E-state index in [0.717, 1.165) is 12.8 Å². The van der Waals surface area contributed by atoms with Crippen molar-refractivity contribution in [2.75, 3.05) is 47.0 Å². The highest BCUT2D eigenvalue weighted by atomic mass is 16.5. The maximum absolute atomic E-state index is 12.7. The fourth-order valence-corrected chi connectivity index (χ4v) is 3.26. The first-order chi connectivity index (χ1) is 12.1. The first-order valence-electron chi connectivity index (χ1n) is 8.55. The van der Waals surface area contributed by atoms with Gasteiger partial charge in [-0.3, -0.25) is 9.59 Å². The molecule has 0 saturated carbocycles. The molecule has 1 aromatic rings. The molecule has 0 unspecified atom stereocenters. The van der Waals surface area contributed by atoms with Crippen molar-refractivity contribution >= 4 is 11.8 Å². The van der Waals surface area contributed by atoms with Crippen molar-refractivity contribution in [3.05, 3.63) is 23.8 Å². The molecule has 0 N–H and O–H groups in total. The molecule has 3 rings (SSSR count). The molecular weight excluding hydrogens is 324 g/mol. The van der Waals surface area contributed by atoms with Crippen LogP contribution in [0.1, 0.15) is 23.2 Å². The van der Waals surface area contributed by atoms with E-state index in [9.17, 15) is 9.59 Å². The summed E-state index contributed by atoms with van der Waals surface area (Å²) in [4.78, 5) is 28.6. The number of nitrogens with zero attached hydrogens (tertiary/aromatic N) is 2. The molecule has 2 saturated heterocycles. The van der Waals surface area contributed by atoms with Crippen LogP contribution in [0.15, 0.2) is 18.2 Å². The van der Waals surface area contributed by atoms with Gasteiger partial charge in [0.05, 0.1) is 14.2 Å². The van der Waals surface area contributed by atoms with Gasteiger partial charge in [0.2, 0.25) is 0 Å². The van der Waals surface area contributed by atoms with E-state index in [2.05, 4.69) is 0 Å². The summed E-state index contributed by atoms with van der Waals surface area (Å²) < 4.78 is 15.9. The largest absolute Gasteiger partial charge is 0.493 e. The van der Waals surface area contributed by atoms with Crippen LogP contribution in [-0.2, 0) is 9.53 Å². The predicted octanol–water partition coefficient (Wildman–Crippen LogP) is 1.17. The molecule has 1 aromatic carbocycles. The number of piperazine rings is 1. The Morgan fingerprint density at radius 3 is 2.32 bits per heavy atom. The smallest absolute Gasteiger partial charge is 0.254 e. The van der Waals surface area contributed by atoms with Crippen LogP contribution in [0.25, 0.3) is 0 Å². The number of carbonyl (C=O) groups excluding carboxylic acids is 2. The lowest BCUT2D eigenvalue weighted by Crippen LogP contribution is -2.52. The fraction of sp³-hybridized carbons (Fsp3) is 0.556. The minimum absolute atomic E-state index is 0.0516. The van der Waals surface area contributed by atoms with Crippen molar-refractivity contribution in [1.29, 1.82) is 0 Å². The zero-order valence-electron chi connectivity index (χ0n) is 14.7. The lowest BCUT2D eigenvalue weighted by Gasteiger charge is -2.35. The standard InChI is InChI=1S/C18H24N2O5/c1-23-14-6-5-13(12-16(14)24-2)17(21)19-7-9-20(10-8-19)18(22)15-4-3-11-25-15/h5-6,12,15H,3-4,7-11H2,1-2H3/t15-/m1/s1. The van der Waals surface area contributed by atoms with Crippen molar-refractivity contribution in [2.24, 2.45) is 0 Å². The SMILES string of the molecule is COc1ccc(C(=O)N2CCN(C(=O)[C@H]3CCCO3)CC2)cc1OC. The maximum atomic E-state index is 12.7. The van der Waals surface area contributed by atoms with Gasteiger partial charge in [-0.2, -0.15) is 0 Å². The van der Waals surface area contributed by atoms with Crippen LogP contribution in [0.4, 0.5) is 0 Å². The number of amides is 2. The number of rotatable bonds is 4. The third-order valence-electron chi connectivity index (χ3n) is 4.71. The summed E-state index contributed by atoms with van der Waals surface area (Å²) in [5.41, 5.74) is 0.552. The highest BCUT2D eigenvalue weighted by molar-refractivity contribution is 5.95. The summed E-state index contributed by atoms with van der Waals surface area (Å²) in [6, 6.07) is 5.14. The minimum atomic E-state index is -0.298. The third-order valence-corrected chi connectivity index (χ3v) is 4.71. The van der Waals surface area contributed by atoms with Gasteiger partial charge in [-0.15, -0.1) is 0 Å². The maximum Gasteiger partial charge on any atom is 0.254 e. The summed E-state index contributed by atoms with van der Waals surface area (Å²) in [6.07, 6.45) is 1.44. The van der Waals surface area contributed by atoms with Crippen LogP contribution in [0, 0.1) is 0 Å². The second-order valence-corrected chi connectivity index (χ2v) is 6.19. The average molecular weight is 348 g/mol. The van der Waals surface area contributed by atoms with Crippen molar-refractivity contribution in [3.8, 4) is 11.5 Å². The van der Waals surface area contributed by atoms with E-state index in [1.807, 2.05) is 0 Å². The Labute approximate surface area is 147 Å². The van der Waals surface area contributed by atoms with Crippen molar-refractivity contribution < 1.29 is 23.8 Å². The Bertz CT molecular complexity index is 634. The second-order valence-electron chi connectivity index (χ2n) is 6.19. The molecule has 136 valence electrons. The molecule has 2 aliphatic rings. The molecule has 7 heteroatoms. The van der Waals surface area contributed by atoms with E-state index in [4.69, 9.17) is 14.2 Å². The van der Waals surface area contributed by atoms with Gasteiger partial charge >= 0.3 is 0 Å². The first-order valence-corrected chi connectivity index (χ1v) is 8.55. The van der Waals surface area contributed by atoms with E-state index in [-0.39, 0.29) is 17.9 Å². The zero-order valence-corrected chi connectivity index (χ0v) is 14.7. The van der Waals surface area contributed by atoms with Crippen LogP contribution in [0.3, 0.4) is 0 Å². The summed E-state index contributed by atoms with van der Waals surface area (Å²) in [7, 11) is 3.10. The van der Waals surface area contributed by atoms with Gasteiger partial charge < -0.3 is 24.0 Å². The molecule has 0 spiro atoms. The molecule has 2 aliphatic heterocycles. The summed E-state index contributed by atoms with van der Waals surface area (Å²) in [5.74, 6) is 1.10. The minimum Gasteiger partial charge on any atom is -0.493 e. The van der Waals surface area contributed by atoms with E-state index in [1.54, 1.807) is 42.2 Å². The number of carbonyl (C=O) groups is 2. The van der Waals surface area contributed by atoms with Crippen molar-refractivity contribution in [1.82, 2.24) is 9.80 Å². The second kappa shape index (κ2) is 7.74. The predicted molar refractivity (Wildman–Crippen MR) is 91.0 cm³/mol. The number of methoxy groups -OCH3 is 2. The summed E-state index contributed by atoms with van der Waals surface area (Å²) in [5, 5.41) is 0. The molecule has 2 fully saturated rings. The monoisotopic (exact) mass is 348 g/mol. The van der Waals surface area contributed by atoms with Crippen molar-refractivity contribution in [3.63, 3.8) is 0 Å². The number of ether oxygens (including phenoxy) is 3. The molecule has 2 amide bonds. The van der Waals surface area contributed by atoms with E-state index in [1.165, 1.54) is 0 Å². The van der Waals surface area contributed by atoms with Crippen LogP contribution in [0.5, 0.6) is 11.5 Å². The molecular formula is C18H24N2O5. The fourth-order valence-electron chi connectivity index (χ4n) is 3.26. The topological polar surface area (TPSA) is 68.3 Å². The van der Waals surface area contributed by atoms with Crippen LogP contribution < -0.4 is 9.47 Å². The van der Waals surface area contributed by atoms with Crippen molar-refractivity contribution in [2.45, 2.75) is 18.9 Å². The van der Waals surface area contributed by atoms with Gasteiger partial charge in [-0.1, -0.05) is 0 Å². The number of hydrogen-bond donors (Lipinski definition) is 0. The van der Waals surface area contributed by atoms with Gasteiger partial charge in [0, 0.05) is 38.3 Å². The van der Waals surface area contributed by atoms with Crippen LogP contribution >= 0.6 is 0 Å². The molecule has 2 heterocycles. The zero-order chi connectivity index (χ0) is 17.8. The molecule has 25 heavy (non-hydrogen) atoms. The summed E-state index contributed by atoms with van der Waals surface area (Å²) in [6.45, 7) is 2.78. The normalized spacial score (nSPS) is 20.5. The molecule has 0 aromatic heterocycles. The van der Waals surface area contributed by atoms with Gasteiger partial charge in [-0.25, -0.2) is 0 Å². The Morgan fingerprint density at radius 1 is 1.04 bits per heavy atom. The highest BCUT2D eigenvalue weighted by Gasteiger charge is 2.31. The summed E-state index contributed by atoms with van der Waals surface area (Å²) >= 11 is 0. The first kappa shape index (κ1) is 17.5.